The van der Waals surface area contributed by atoms with Crippen molar-refractivity contribution in [2.75, 3.05) is 19.8 Å². The highest BCUT2D eigenvalue weighted by Crippen LogP contribution is 2.12. The molecule has 3 rings (SSSR count). The number of aryl methyl sites for hydroxylation is 1. The van der Waals surface area contributed by atoms with Crippen molar-refractivity contribution < 1.29 is 9.53 Å². The van der Waals surface area contributed by atoms with Gasteiger partial charge in [-0.1, -0.05) is 0 Å². The highest BCUT2D eigenvalue weighted by atomic mass is 16.5. The summed E-state index contributed by atoms with van der Waals surface area (Å²) >= 11 is 0. The molecule has 0 spiro atoms. The van der Waals surface area contributed by atoms with Crippen molar-refractivity contribution >= 4 is 16.9 Å². The zero-order valence-corrected chi connectivity index (χ0v) is 12.8. The Labute approximate surface area is 131 Å². The lowest BCUT2D eigenvalue weighted by Crippen LogP contribution is -2.32. The van der Waals surface area contributed by atoms with Crippen molar-refractivity contribution in [3.8, 4) is 0 Å². The van der Waals surface area contributed by atoms with Gasteiger partial charge in [0.25, 0.3) is 11.5 Å². The van der Waals surface area contributed by atoms with Gasteiger partial charge < -0.3 is 10.1 Å². The van der Waals surface area contributed by atoms with E-state index in [1.165, 1.54) is 16.8 Å². The lowest BCUT2D eigenvalue weighted by Gasteiger charge is -2.10. The number of H-pyrrole nitrogens is 1. The van der Waals surface area contributed by atoms with E-state index in [4.69, 9.17) is 4.74 Å². The van der Waals surface area contributed by atoms with Gasteiger partial charge in [0.2, 0.25) is 0 Å². The zero-order chi connectivity index (χ0) is 16.4. The number of amides is 1. The molecule has 0 aliphatic carbocycles. The Morgan fingerprint density at radius 2 is 2.35 bits per heavy atom. The van der Waals surface area contributed by atoms with E-state index in [0.29, 0.717) is 31.2 Å². The third-order valence-electron chi connectivity index (χ3n) is 3.99. The van der Waals surface area contributed by atoms with Gasteiger partial charge in [-0.05, 0) is 19.4 Å². The maximum atomic E-state index is 12.2. The monoisotopic (exact) mass is 318 g/mol. The highest BCUT2D eigenvalue weighted by molar-refractivity contribution is 5.96. The van der Waals surface area contributed by atoms with Gasteiger partial charge in [-0.2, -0.15) is 0 Å². The minimum absolute atomic E-state index is 0.225. The van der Waals surface area contributed by atoms with Crippen molar-refractivity contribution in [1.29, 1.82) is 0 Å². The zero-order valence-electron chi connectivity index (χ0n) is 12.8. The van der Waals surface area contributed by atoms with Gasteiger partial charge in [-0.25, -0.2) is 9.78 Å². The molecule has 3 heterocycles. The van der Waals surface area contributed by atoms with Crippen molar-refractivity contribution in [1.82, 2.24) is 19.9 Å². The number of nitrogens with one attached hydrogen (secondary N) is 2. The van der Waals surface area contributed by atoms with E-state index in [1.807, 2.05) is 0 Å². The lowest BCUT2D eigenvalue weighted by molar-refractivity contribution is 0.0945. The van der Waals surface area contributed by atoms with Crippen molar-refractivity contribution in [2.45, 2.75) is 19.9 Å². The second kappa shape index (κ2) is 6.33. The van der Waals surface area contributed by atoms with Crippen LogP contribution < -0.4 is 16.6 Å². The number of aromatic nitrogens is 3. The second-order valence-corrected chi connectivity index (χ2v) is 5.54. The molecule has 1 atom stereocenters. The summed E-state index contributed by atoms with van der Waals surface area (Å²) in [5.41, 5.74) is -0.470. The number of rotatable bonds is 4. The summed E-state index contributed by atoms with van der Waals surface area (Å²) in [6.45, 7) is 4.07. The summed E-state index contributed by atoms with van der Waals surface area (Å²) in [6.07, 6.45) is 2.31. The summed E-state index contributed by atoms with van der Waals surface area (Å²) in [5.74, 6) is 0.0287. The van der Waals surface area contributed by atoms with Crippen LogP contribution in [0.1, 0.15) is 23.7 Å². The molecule has 8 nitrogen and oxygen atoms in total. The van der Waals surface area contributed by atoms with E-state index < -0.39 is 11.2 Å². The van der Waals surface area contributed by atoms with E-state index in [9.17, 15) is 14.4 Å². The number of carbonyl (C=O) groups is 1. The summed E-state index contributed by atoms with van der Waals surface area (Å²) in [6, 6.07) is 1.47. The number of aromatic amines is 1. The molecule has 0 aromatic carbocycles. The molecule has 8 heteroatoms. The highest BCUT2D eigenvalue weighted by Gasteiger charge is 2.17. The van der Waals surface area contributed by atoms with Gasteiger partial charge in [0.05, 0.1) is 17.6 Å². The number of fused-ring (bicyclic) bond motifs is 1. The second-order valence-electron chi connectivity index (χ2n) is 5.54. The Morgan fingerprint density at radius 3 is 3.04 bits per heavy atom. The first-order chi connectivity index (χ1) is 11.1. The molecule has 0 bridgehead atoms. The predicted molar refractivity (Wildman–Crippen MR) is 83.6 cm³/mol. The largest absolute Gasteiger partial charge is 0.381 e. The fraction of sp³-hybridized carbons (Fsp3) is 0.467. The average Bonchev–Trinajstić information content (AvgIpc) is 3.06. The van der Waals surface area contributed by atoms with Crippen molar-refractivity contribution in [2.24, 2.45) is 5.92 Å². The molecule has 0 unspecified atom stereocenters. The Balaban J connectivity index is 1.89. The number of hydrogen-bond donors (Lipinski definition) is 2. The number of nitrogens with zero attached hydrogens (tertiary/aromatic N) is 2. The Morgan fingerprint density at radius 1 is 1.52 bits per heavy atom. The average molecular weight is 318 g/mol. The molecule has 0 saturated carbocycles. The van der Waals surface area contributed by atoms with Crippen LogP contribution >= 0.6 is 0 Å². The quantitative estimate of drug-likeness (QED) is 0.817. The maximum Gasteiger partial charge on any atom is 0.329 e. The molecule has 1 fully saturated rings. The van der Waals surface area contributed by atoms with Gasteiger partial charge in [0, 0.05) is 31.8 Å². The van der Waals surface area contributed by atoms with E-state index in [0.717, 1.165) is 13.0 Å². The molecule has 2 aromatic heterocycles. The summed E-state index contributed by atoms with van der Waals surface area (Å²) < 4.78 is 6.62. The van der Waals surface area contributed by atoms with Crippen LogP contribution in [0.25, 0.3) is 11.0 Å². The van der Waals surface area contributed by atoms with E-state index >= 15 is 0 Å². The first-order valence-electron chi connectivity index (χ1n) is 7.59. The molecule has 1 aliphatic rings. The predicted octanol–water partition coefficient (Wildman–Crippen LogP) is -0.129. The smallest absolute Gasteiger partial charge is 0.329 e. The molecule has 122 valence electrons. The fourth-order valence-electron chi connectivity index (χ4n) is 2.67. The molecule has 1 amide bonds. The Bertz CT molecular complexity index is 849. The number of ether oxygens (including phenoxy) is 1. The maximum absolute atomic E-state index is 12.2. The minimum Gasteiger partial charge on any atom is -0.381 e. The van der Waals surface area contributed by atoms with E-state index in [2.05, 4.69) is 15.3 Å². The number of carbonyl (C=O) groups excluding carboxylic acids is 1. The third kappa shape index (κ3) is 3.02. The van der Waals surface area contributed by atoms with E-state index in [1.54, 1.807) is 6.92 Å². The molecule has 1 saturated heterocycles. The van der Waals surface area contributed by atoms with Crippen LogP contribution in [-0.4, -0.2) is 40.2 Å². The van der Waals surface area contributed by atoms with Crippen molar-refractivity contribution in [3.63, 3.8) is 0 Å². The van der Waals surface area contributed by atoms with Gasteiger partial charge in [-0.3, -0.25) is 19.1 Å². The van der Waals surface area contributed by atoms with Crippen LogP contribution in [-0.2, 0) is 11.3 Å². The summed E-state index contributed by atoms with van der Waals surface area (Å²) in [4.78, 5) is 42.3. The minimum atomic E-state index is -0.541. The molecule has 1 aliphatic heterocycles. The van der Waals surface area contributed by atoms with Crippen LogP contribution in [0.3, 0.4) is 0 Å². The molecule has 2 aromatic rings. The molecule has 0 radical (unpaired) electrons. The van der Waals surface area contributed by atoms with Crippen LogP contribution in [0.4, 0.5) is 0 Å². The standard InChI is InChI=1S/C15H18N4O4/c1-2-19-12-11(14(21)18-15(19)22)5-10(7-16-12)13(20)17-6-9-3-4-23-8-9/h5,7,9H,2-4,6,8H2,1H3,(H,17,20)(H,18,21,22)/t9-/m0/s1. The normalized spacial score (nSPS) is 17.5. The molecule has 23 heavy (non-hydrogen) atoms. The van der Waals surface area contributed by atoms with Crippen LogP contribution in [0.2, 0.25) is 0 Å². The van der Waals surface area contributed by atoms with Gasteiger partial charge >= 0.3 is 5.69 Å². The fourth-order valence-corrected chi connectivity index (χ4v) is 2.67. The van der Waals surface area contributed by atoms with Gasteiger partial charge in [0.1, 0.15) is 5.65 Å². The number of pyridine rings is 1. The molecular weight excluding hydrogens is 300 g/mol. The lowest BCUT2D eigenvalue weighted by atomic mass is 10.1. The third-order valence-corrected chi connectivity index (χ3v) is 3.99. The summed E-state index contributed by atoms with van der Waals surface area (Å²) in [7, 11) is 0. The first-order valence-corrected chi connectivity index (χ1v) is 7.59. The topological polar surface area (TPSA) is 106 Å². The summed E-state index contributed by atoms with van der Waals surface area (Å²) in [5, 5.41) is 3.05. The molecule has 2 N–H and O–H groups in total. The van der Waals surface area contributed by atoms with Crippen LogP contribution in [0.5, 0.6) is 0 Å². The van der Waals surface area contributed by atoms with Crippen molar-refractivity contribution in [3.05, 3.63) is 38.7 Å². The SMILES string of the molecule is CCn1c(=O)[nH]c(=O)c2cc(C(=O)NC[C@@H]3CCOC3)cnc21. The number of hydrogen-bond acceptors (Lipinski definition) is 5. The first kappa shape index (κ1) is 15.4. The van der Waals surface area contributed by atoms with Gasteiger partial charge in [-0.15, -0.1) is 0 Å². The van der Waals surface area contributed by atoms with Crippen LogP contribution in [0, 0.1) is 5.92 Å². The Hall–Kier alpha value is -2.48. The van der Waals surface area contributed by atoms with Crippen LogP contribution in [0.15, 0.2) is 21.9 Å². The molecular formula is C15H18N4O4. The van der Waals surface area contributed by atoms with E-state index in [-0.39, 0.29) is 16.9 Å². The van der Waals surface area contributed by atoms with Gasteiger partial charge in [0.15, 0.2) is 0 Å². The Kier molecular flexibility index (Phi) is 4.24.